The monoisotopic (exact) mass is 794 g/mol. The van der Waals surface area contributed by atoms with Gasteiger partial charge in [-0.05, 0) is 82.9 Å². The van der Waals surface area contributed by atoms with E-state index in [1.165, 1.54) is 0 Å². The van der Waals surface area contributed by atoms with E-state index in [4.69, 9.17) is 23.7 Å². The van der Waals surface area contributed by atoms with Crippen molar-refractivity contribution in [2.75, 3.05) is 13.2 Å². The first-order valence-electron chi connectivity index (χ1n) is 21.4. The number of benzene rings is 1. The van der Waals surface area contributed by atoms with Crippen molar-refractivity contribution in [1.29, 1.82) is 0 Å². The average molecular weight is 795 g/mol. The highest BCUT2D eigenvalue weighted by molar-refractivity contribution is 5.95. The molecule has 1 saturated carbocycles. The van der Waals surface area contributed by atoms with Crippen LogP contribution in [0, 0.1) is 5.92 Å². The van der Waals surface area contributed by atoms with Crippen molar-refractivity contribution in [3.63, 3.8) is 0 Å². The van der Waals surface area contributed by atoms with Crippen LogP contribution in [0.4, 0.5) is 0 Å². The predicted molar refractivity (Wildman–Crippen MR) is 216 cm³/mol. The summed E-state index contributed by atoms with van der Waals surface area (Å²) in [5.74, 6) is -2.11. The van der Waals surface area contributed by atoms with E-state index in [1.54, 1.807) is 32.9 Å². The fourth-order valence-corrected chi connectivity index (χ4v) is 8.08. The lowest BCUT2D eigenvalue weighted by Gasteiger charge is -2.31. The largest absolute Gasteiger partial charge is 0.460 e. The van der Waals surface area contributed by atoms with E-state index < -0.39 is 47.7 Å². The van der Waals surface area contributed by atoms with Gasteiger partial charge in [0.2, 0.25) is 11.8 Å². The van der Waals surface area contributed by atoms with Gasteiger partial charge in [-0.25, -0.2) is 4.79 Å². The standard InChI is InChI=1S/C45H66N2O10/c1-6-8-12-23-45(24-13-9-7-2)55-38-28-32(42(51)46-25-22-39(49)47-33(29-48)19-21-40(50)56-44(3,4)5)27-37(41(38)57-45)54-43(52)34-15-11-10-14-31(34)18-16-30-17-20-35-36(26-30)53-35/h10-11,14-16,18,28,30,33,35-38,41,48H,6-9,12-13,17,19-27,29H2,1-5H3,(H,46,51)(H,47,49). The van der Waals surface area contributed by atoms with Crippen molar-refractivity contribution in [3.05, 3.63) is 53.1 Å². The fraction of sp³-hybridized carbons (Fsp3) is 0.689. The number of fused-ring (bicyclic) bond motifs is 2. The molecule has 316 valence electrons. The second-order valence-electron chi connectivity index (χ2n) is 17.1. The first-order valence-corrected chi connectivity index (χ1v) is 21.4. The van der Waals surface area contributed by atoms with Crippen LogP contribution in [-0.4, -0.2) is 90.0 Å². The van der Waals surface area contributed by atoms with E-state index in [-0.39, 0.29) is 50.6 Å². The molecule has 3 N–H and O–H groups in total. The highest BCUT2D eigenvalue weighted by atomic mass is 16.8. The van der Waals surface area contributed by atoms with E-state index in [9.17, 15) is 24.3 Å². The van der Waals surface area contributed by atoms with Gasteiger partial charge in [0.15, 0.2) is 5.79 Å². The summed E-state index contributed by atoms with van der Waals surface area (Å²) in [5.41, 5.74) is 0.982. The number of allylic oxidation sites excluding steroid dienone is 1. The van der Waals surface area contributed by atoms with Crippen molar-refractivity contribution in [2.45, 2.75) is 179 Å². The Morgan fingerprint density at radius 2 is 1.72 bits per heavy atom. The molecular formula is C45H66N2O10. The molecule has 2 heterocycles. The summed E-state index contributed by atoms with van der Waals surface area (Å²) < 4.78 is 30.9. The fourth-order valence-electron chi connectivity index (χ4n) is 8.08. The number of aliphatic hydroxyl groups excluding tert-OH is 1. The summed E-state index contributed by atoms with van der Waals surface area (Å²) in [6.45, 7) is 9.34. The zero-order valence-electron chi connectivity index (χ0n) is 34.7. The topological polar surface area (TPSA) is 162 Å². The molecule has 12 nitrogen and oxygen atoms in total. The molecule has 0 spiro atoms. The van der Waals surface area contributed by atoms with Gasteiger partial charge in [0.1, 0.15) is 23.9 Å². The summed E-state index contributed by atoms with van der Waals surface area (Å²) in [7, 11) is 0. The van der Waals surface area contributed by atoms with Crippen molar-refractivity contribution in [2.24, 2.45) is 5.92 Å². The third kappa shape index (κ3) is 13.5. The number of unbranched alkanes of at least 4 members (excludes halogenated alkanes) is 4. The lowest BCUT2D eigenvalue weighted by molar-refractivity contribution is -0.190. The molecule has 3 fully saturated rings. The number of hydrogen-bond donors (Lipinski definition) is 3. The minimum absolute atomic E-state index is 0.0360. The normalized spacial score (nSPS) is 25.5. The second-order valence-corrected chi connectivity index (χ2v) is 17.1. The molecule has 57 heavy (non-hydrogen) atoms. The quantitative estimate of drug-likeness (QED) is 0.0681. The van der Waals surface area contributed by atoms with Crippen molar-refractivity contribution in [3.8, 4) is 0 Å². The number of rotatable bonds is 21. The van der Waals surface area contributed by atoms with Gasteiger partial charge >= 0.3 is 11.9 Å². The van der Waals surface area contributed by atoms with Crippen LogP contribution in [0.15, 0.2) is 42.0 Å². The summed E-state index contributed by atoms with van der Waals surface area (Å²) >= 11 is 0. The highest BCUT2D eigenvalue weighted by Crippen LogP contribution is 2.44. The lowest BCUT2D eigenvalue weighted by atomic mass is 9.88. The molecule has 7 atom stereocenters. The second kappa shape index (κ2) is 20.9. The average Bonchev–Trinajstić information content (AvgIpc) is 3.86. The Labute approximate surface area is 338 Å². The Morgan fingerprint density at radius 3 is 2.40 bits per heavy atom. The highest BCUT2D eigenvalue weighted by Gasteiger charge is 2.52. The number of aliphatic hydroxyl groups is 1. The Morgan fingerprint density at radius 1 is 0.982 bits per heavy atom. The molecule has 4 aliphatic rings. The van der Waals surface area contributed by atoms with Crippen LogP contribution in [0.1, 0.15) is 147 Å². The van der Waals surface area contributed by atoms with Crippen LogP contribution in [-0.2, 0) is 38.1 Å². The molecule has 5 rings (SSSR count). The molecule has 2 aliphatic carbocycles. The van der Waals surface area contributed by atoms with Crippen molar-refractivity contribution in [1.82, 2.24) is 10.6 Å². The maximum atomic E-state index is 14.0. The number of epoxide rings is 1. The predicted octanol–water partition coefficient (Wildman–Crippen LogP) is 6.87. The molecule has 7 unspecified atom stereocenters. The lowest BCUT2D eigenvalue weighted by Crippen LogP contribution is -2.44. The zero-order valence-corrected chi connectivity index (χ0v) is 34.7. The number of esters is 2. The van der Waals surface area contributed by atoms with Crippen molar-refractivity contribution >= 4 is 29.8 Å². The van der Waals surface area contributed by atoms with E-state index in [0.717, 1.165) is 63.4 Å². The maximum absolute atomic E-state index is 14.0. The van der Waals surface area contributed by atoms with Crippen LogP contribution in [0.2, 0.25) is 0 Å². The summed E-state index contributed by atoms with van der Waals surface area (Å²) in [5, 5.41) is 15.4. The third-order valence-corrected chi connectivity index (χ3v) is 11.2. The first-order chi connectivity index (χ1) is 27.3. The van der Waals surface area contributed by atoms with Crippen molar-refractivity contribution < 1.29 is 48.0 Å². The molecule has 2 amide bonds. The van der Waals surface area contributed by atoms with Gasteiger partial charge in [-0.1, -0.05) is 69.9 Å². The zero-order chi connectivity index (χ0) is 41.0. The number of ether oxygens (including phenoxy) is 5. The molecular weight excluding hydrogens is 728 g/mol. The number of carbonyl (C=O) groups excluding carboxylic acids is 4. The van der Waals surface area contributed by atoms with Gasteiger partial charge in [-0.3, -0.25) is 14.4 Å². The van der Waals surface area contributed by atoms with E-state index >= 15 is 0 Å². The van der Waals surface area contributed by atoms with Gasteiger partial charge in [0, 0.05) is 44.2 Å². The number of nitrogens with one attached hydrogen (secondary N) is 2. The molecule has 0 bridgehead atoms. The maximum Gasteiger partial charge on any atom is 0.339 e. The Kier molecular flexibility index (Phi) is 16.3. The smallest absolute Gasteiger partial charge is 0.339 e. The van der Waals surface area contributed by atoms with Gasteiger partial charge in [-0.2, -0.15) is 0 Å². The van der Waals surface area contributed by atoms with Crippen LogP contribution in [0.25, 0.3) is 6.08 Å². The summed E-state index contributed by atoms with van der Waals surface area (Å²) in [6.07, 6.45) is 15.7. The minimum Gasteiger partial charge on any atom is -0.460 e. The minimum atomic E-state index is -0.845. The van der Waals surface area contributed by atoms with Crippen LogP contribution >= 0.6 is 0 Å². The van der Waals surface area contributed by atoms with Gasteiger partial charge in [0.25, 0.3) is 0 Å². The van der Waals surface area contributed by atoms with Crippen LogP contribution < -0.4 is 10.6 Å². The summed E-state index contributed by atoms with van der Waals surface area (Å²) in [6, 6.07) is 6.78. The molecule has 2 saturated heterocycles. The van der Waals surface area contributed by atoms with E-state index in [0.29, 0.717) is 42.1 Å². The Balaban J connectivity index is 1.25. The molecule has 2 aliphatic heterocycles. The van der Waals surface area contributed by atoms with Gasteiger partial charge in [0.05, 0.1) is 30.4 Å². The van der Waals surface area contributed by atoms with Gasteiger partial charge in [-0.15, -0.1) is 0 Å². The third-order valence-electron chi connectivity index (χ3n) is 11.2. The van der Waals surface area contributed by atoms with E-state index in [1.807, 2.05) is 24.3 Å². The van der Waals surface area contributed by atoms with Crippen LogP contribution in [0.5, 0.6) is 0 Å². The van der Waals surface area contributed by atoms with Crippen LogP contribution in [0.3, 0.4) is 0 Å². The number of hydrogen-bond acceptors (Lipinski definition) is 10. The number of carbonyl (C=O) groups is 4. The first kappa shape index (κ1) is 44.5. The van der Waals surface area contributed by atoms with E-state index in [2.05, 4.69) is 30.6 Å². The molecule has 0 radical (unpaired) electrons. The molecule has 0 aromatic heterocycles. The van der Waals surface area contributed by atoms with Gasteiger partial charge < -0.3 is 39.4 Å². The molecule has 1 aromatic rings. The Hall–Kier alpha value is -3.58. The summed E-state index contributed by atoms with van der Waals surface area (Å²) in [4.78, 5) is 52.6. The number of amides is 2. The SMILES string of the molecule is CCCCCC1(CCCCC)OC2C=C(C(=O)NCCC(=O)NC(CO)CCC(=O)OC(C)(C)C)CC(OC(=O)c3ccccc3C=CC3CCC4OC4C3)C2O1. The molecule has 1 aromatic carbocycles. The Bertz CT molecular complexity index is 1570. The molecule has 12 heteroatoms.